The summed E-state index contributed by atoms with van der Waals surface area (Å²) in [6, 6.07) is 20.3. The van der Waals surface area contributed by atoms with E-state index in [2.05, 4.69) is 82.4 Å². The molecule has 4 aromatic carbocycles. The fraction of sp³-hybridized carbons (Fsp3) is 0.617. The second-order valence-electron chi connectivity index (χ2n) is 38.9. The summed E-state index contributed by atoms with van der Waals surface area (Å²) in [5.74, 6) is -5.76. The minimum atomic E-state index is -1.01. The number of benzene rings is 4. The fourth-order valence-corrected chi connectivity index (χ4v) is 23.5. The first-order chi connectivity index (χ1) is 56.4. The van der Waals surface area contributed by atoms with Gasteiger partial charge in [0.2, 0.25) is 53.2 Å². The van der Waals surface area contributed by atoms with Gasteiger partial charge in [0.15, 0.2) is 0 Å². The van der Waals surface area contributed by atoms with Crippen molar-refractivity contribution in [2.45, 2.75) is 321 Å². The highest BCUT2D eigenvalue weighted by atomic mass is 16.4. The smallest absolute Gasteiger partial charge is 0.303 e. The largest absolute Gasteiger partial charge is 0.481 e. The van der Waals surface area contributed by atoms with E-state index in [0.717, 1.165) is 125 Å². The van der Waals surface area contributed by atoms with Crippen LogP contribution in [0.2, 0.25) is 0 Å². The molecule has 4 saturated carbocycles. The summed E-state index contributed by atoms with van der Waals surface area (Å²) < 4.78 is 0. The van der Waals surface area contributed by atoms with Gasteiger partial charge in [-0.1, -0.05) is 119 Å². The number of carbonyl (C=O) groups excluding carboxylic acids is 9. The van der Waals surface area contributed by atoms with Gasteiger partial charge in [0.1, 0.15) is 0 Å². The van der Waals surface area contributed by atoms with Crippen LogP contribution < -0.4 is 59.7 Å². The second-order valence-corrected chi connectivity index (χ2v) is 38.9. The van der Waals surface area contributed by atoms with E-state index < -0.39 is 75.5 Å². The number of imide groups is 2. The van der Waals surface area contributed by atoms with Crippen LogP contribution in [0.25, 0.3) is 0 Å². The van der Waals surface area contributed by atoms with E-state index in [4.69, 9.17) is 27.4 Å². The molecule has 12 rings (SSSR count). The lowest BCUT2D eigenvalue weighted by Gasteiger charge is -2.56. The number of nitrogens with one attached hydrogen (secondary N) is 8. The molecule has 0 heterocycles. The summed E-state index contributed by atoms with van der Waals surface area (Å²) in [5.41, 5.74) is 25.0. The van der Waals surface area contributed by atoms with Crippen LogP contribution in [0.15, 0.2) is 72.8 Å². The lowest BCUT2D eigenvalue weighted by molar-refractivity contribution is -0.151. The number of hydrogen-bond acceptors (Lipinski definition) is 16. The predicted molar refractivity (Wildman–Crippen MR) is 460 cm³/mol. The monoisotopic (exact) mass is 1650 g/mol. The Kier molecular flexibility index (Phi) is 27.8. The molecule has 0 aromatic heterocycles. The molecule has 120 heavy (non-hydrogen) atoms. The topological polar surface area (TPSA) is 440 Å². The molecule has 17 N–H and O–H groups in total. The van der Waals surface area contributed by atoms with E-state index in [1.54, 1.807) is 0 Å². The van der Waals surface area contributed by atoms with Crippen LogP contribution >= 0.6 is 0 Å². The lowest BCUT2D eigenvalue weighted by atomic mass is 9.49. The Labute approximate surface area is 706 Å². The summed E-state index contributed by atoms with van der Waals surface area (Å²) in [4.78, 5) is 157. The SMILES string of the molecule is CC(C)NC(=O)CC[C@H](N)C(=O)Nc1ccc2c(c1)[C@@]1(C)CCC[C@](C)(C(=O)NC(=O)[C@@]3(C)CCC[C@]4(C)c5cc(NC(=O)[C@@H](N)CCC(=O)O)ccc5CC[C@@H]34)[C@@H]1CC2.CC(C)N[C@@H](CCC(=O)O)C(=O)Nc1ccc2c(c1)[C@@]1(C)CCC[C@](C)(C(=O)NC(=O)[C@@]3(C)CCC[C@]4(C)c5cc(NC(=O)[C@@H](N)CCC(=O)O)ccc5CC[C@@H]34)[C@@H]1CC2. The van der Waals surface area contributed by atoms with E-state index in [9.17, 15) is 62.6 Å². The van der Waals surface area contributed by atoms with Crippen molar-refractivity contribution in [2.75, 3.05) is 21.3 Å². The van der Waals surface area contributed by atoms with E-state index in [1.165, 1.54) is 22.3 Å². The van der Waals surface area contributed by atoms with Crippen LogP contribution in [0.5, 0.6) is 0 Å². The molecule has 0 saturated heterocycles. The maximum atomic E-state index is 14.7. The number of carbonyl (C=O) groups is 12. The minimum absolute atomic E-state index is 0.00916. The molecule has 8 aliphatic rings. The van der Waals surface area contributed by atoms with Gasteiger partial charge in [0.05, 0.1) is 45.8 Å². The number of nitrogens with two attached hydrogens (primary N) is 3. The maximum absolute atomic E-state index is 14.7. The van der Waals surface area contributed by atoms with Gasteiger partial charge < -0.3 is 64.4 Å². The molecule has 4 aromatic rings. The van der Waals surface area contributed by atoms with Gasteiger partial charge in [-0.2, -0.15) is 0 Å². The van der Waals surface area contributed by atoms with Crippen molar-refractivity contribution in [1.82, 2.24) is 21.3 Å². The van der Waals surface area contributed by atoms with E-state index in [0.29, 0.717) is 48.4 Å². The normalized spacial score (nSPS) is 29.0. The van der Waals surface area contributed by atoms with Gasteiger partial charge in [0, 0.05) is 60.5 Å². The Morgan fingerprint density at radius 3 is 0.875 bits per heavy atom. The third-order valence-electron chi connectivity index (χ3n) is 30.0. The molecule has 0 unspecified atom stereocenters. The van der Waals surface area contributed by atoms with Crippen LogP contribution in [0.4, 0.5) is 22.7 Å². The molecule has 16 atom stereocenters. The Bertz CT molecular complexity index is 4640. The first kappa shape index (κ1) is 91.5. The molecular weight excluding hydrogens is 1520 g/mol. The van der Waals surface area contributed by atoms with Crippen LogP contribution in [0.1, 0.15) is 282 Å². The zero-order valence-corrected chi connectivity index (χ0v) is 72.5. The van der Waals surface area contributed by atoms with Crippen molar-refractivity contribution in [2.24, 2.45) is 62.5 Å². The van der Waals surface area contributed by atoms with E-state index in [-0.39, 0.29) is 150 Å². The third-order valence-corrected chi connectivity index (χ3v) is 30.0. The molecule has 0 bridgehead atoms. The average Bonchev–Trinajstić information content (AvgIpc) is 0.724. The van der Waals surface area contributed by atoms with Crippen molar-refractivity contribution in [3.05, 3.63) is 117 Å². The quantitative estimate of drug-likeness (QED) is 0.0247. The summed E-state index contributed by atoms with van der Waals surface area (Å²) >= 11 is 0. The van der Waals surface area contributed by atoms with Gasteiger partial charge in [-0.3, -0.25) is 68.2 Å². The first-order valence-corrected chi connectivity index (χ1v) is 43.9. The van der Waals surface area contributed by atoms with Crippen molar-refractivity contribution in [1.29, 1.82) is 0 Å². The zero-order chi connectivity index (χ0) is 87.6. The van der Waals surface area contributed by atoms with Crippen LogP contribution in [-0.4, -0.2) is 123 Å². The Balaban J connectivity index is 0.000000235. The van der Waals surface area contributed by atoms with Gasteiger partial charge in [0.25, 0.3) is 0 Å². The van der Waals surface area contributed by atoms with Crippen LogP contribution in [-0.2, 0) is 105 Å². The molecule has 652 valence electrons. The highest BCUT2D eigenvalue weighted by Crippen LogP contribution is 2.63. The van der Waals surface area contributed by atoms with Crippen molar-refractivity contribution < 1.29 is 72.9 Å². The van der Waals surface area contributed by atoms with E-state index >= 15 is 0 Å². The zero-order valence-electron chi connectivity index (χ0n) is 72.5. The number of aryl methyl sites for hydroxylation is 4. The molecule has 9 amide bonds. The number of anilines is 4. The molecule has 26 heteroatoms. The van der Waals surface area contributed by atoms with E-state index in [1.807, 2.05) is 116 Å². The molecule has 4 fully saturated rings. The maximum Gasteiger partial charge on any atom is 0.303 e. The Morgan fingerprint density at radius 2 is 0.617 bits per heavy atom. The van der Waals surface area contributed by atoms with Gasteiger partial charge in [-0.05, 0) is 281 Å². The number of carboxylic acids is 3. The lowest BCUT2D eigenvalue weighted by Crippen LogP contribution is -2.60. The number of amides is 9. The summed E-state index contributed by atoms with van der Waals surface area (Å²) in [5, 5.41) is 51.1. The number of carboxylic acid groups (broad SMARTS) is 3. The third kappa shape index (κ3) is 18.9. The van der Waals surface area contributed by atoms with Crippen LogP contribution in [0, 0.1) is 45.3 Å². The number of hydrogen-bond donors (Lipinski definition) is 14. The summed E-state index contributed by atoms with van der Waals surface area (Å²) in [6.45, 7) is 24.5. The highest BCUT2D eigenvalue weighted by molar-refractivity contribution is 6.03. The number of rotatable bonds is 27. The van der Waals surface area contributed by atoms with Gasteiger partial charge in [-0.25, -0.2) is 0 Å². The Hall–Kier alpha value is -9.24. The molecule has 0 spiro atoms. The first-order valence-electron chi connectivity index (χ1n) is 43.9. The summed E-state index contributed by atoms with van der Waals surface area (Å²) in [7, 11) is 0. The molecule has 0 aliphatic heterocycles. The molecular formula is C94H131N11O15. The van der Waals surface area contributed by atoms with Crippen molar-refractivity contribution in [3.63, 3.8) is 0 Å². The molecule has 26 nitrogen and oxygen atoms in total. The van der Waals surface area contributed by atoms with Gasteiger partial charge in [-0.15, -0.1) is 0 Å². The fourth-order valence-electron chi connectivity index (χ4n) is 23.5. The molecule has 8 aliphatic carbocycles. The molecule has 0 radical (unpaired) electrons. The van der Waals surface area contributed by atoms with Gasteiger partial charge >= 0.3 is 17.9 Å². The number of aliphatic carboxylic acids is 3. The summed E-state index contributed by atoms with van der Waals surface area (Å²) in [6.07, 6.45) is 15.6. The number of fused-ring (bicyclic) bond motifs is 12. The predicted octanol–water partition coefficient (Wildman–Crippen LogP) is 12.1. The van der Waals surface area contributed by atoms with Crippen molar-refractivity contribution in [3.8, 4) is 0 Å². The highest BCUT2D eigenvalue weighted by Gasteiger charge is 2.61. The van der Waals surface area contributed by atoms with Crippen molar-refractivity contribution >= 4 is 93.8 Å². The standard InChI is InChI=1S/C47H66N6O7.C47H65N5O8/c1-27(2)50-38(54)19-15-34(48)40(57)51-30-13-9-28-11-17-36-44(3,32(28)25-30)21-7-23-46(36,5)42(59)53-43(60)47(6)24-8-22-45(4)33-26-31(14-10-29(33)12-18-37(45)47)52-41(58)35(49)16-20-39(55)56;1-27(2)49-35(16-20-39(55)56)41(58)51-31-14-10-29-12-18-37-45(4,33(29)26-31)22-8-24-47(37,6)43(60)52-42(59)46(5)23-7-21-44(3)32-25-30(13-9-28(32)11-17-36(44)46)50-40(57)34(48)15-19-38(53)54/h9-10,13-14,25-27,34-37H,7-8,11-12,15-24,48-49H2,1-6H3,(H,50,54)(H,51,57)(H,52,58)(H,55,56)(H,53,59,60);9-10,13-14,25-27,34-37,49H,7-8,11-12,15-24,48H2,1-6H3,(H,50,57)(H,51,58)(H,53,54)(H,55,56)(H,52,59,60)/t2*34-,35-,36+,37+,44+,45+,46-,47-/m00/s1. The van der Waals surface area contributed by atoms with Crippen LogP contribution in [0.3, 0.4) is 0 Å². The minimum Gasteiger partial charge on any atom is -0.481 e. The Morgan fingerprint density at radius 1 is 0.358 bits per heavy atom. The average molecular weight is 1660 g/mol. The second kappa shape index (κ2) is 36.4.